The number of carbonyl (C=O) groups excluding carboxylic acids is 1. The lowest BCUT2D eigenvalue weighted by Crippen LogP contribution is -2.01. The van der Waals surface area contributed by atoms with E-state index in [1.807, 2.05) is 18.2 Å². The summed E-state index contributed by atoms with van der Waals surface area (Å²) in [7, 11) is 1.61. The van der Waals surface area contributed by atoms with Crippen LogP contribution in [0.4, 0.5) is 4.39 Å². The van der Waals surface area contributed by atoms with Crippen molar-refractivity contribution in [3.05, 3.63) is 78.6 Å². The SMILES string of the molecule is COCCCC(=O)c1ccc(-c2c(F)cnc3[nH]c4cnc(-c5cccnc5)cc4c23)cc1. The monoisotopic (exact) mass is 440 g/mol. The van der Waals surface area contributed by atoms with Crippen molar-refractivity contribution in [3.8, 4) is 22.4 Å². The lowest BCUT2D eigenvalue weighted by molar-refractivity contribution is 0.0963. The van der Waals surface area contributed by atoms with Gasteiger partial charge in [0.2, 0.25) is 0 Å². The first-order valence-electron chi connectivity index (χ1n) is 10.6. The first-order valence-corrected chi connectivity index (χ1v) is 10.6. The maximum absolute atomic E-state index is 15.1. The van der Waals surface area contributed by atoms with E-state index in [2.05, 4.69) is 19.9 Å². The molecule has 0 spiro atoms. The number of pyridine rings is 3. The Morgan fingerprint density at radius 3 is 2.67 bits per heavy atom. The maximum atomic E-state index is 15.1. The van der Waals surface area contributed by atoms with Gasteiger partial charge in [-0.3, -0.25) is 14.8 Å². The van der Waals surface area contributed by atoms with E-state index in [1.54, 1.807) is 50.0 Å². The Labute approximate surface area is 189 Å². The fourth-order valence-electron chi connectivity index (χ4n) is 4.03. The van der Waals surface area contributed by atoms with Crippen LogP contribution in [-0.4, -0.2) is 39.4 Å². The van der Waals surface area contributed by atoms with E-state index in [9.17, 15) is 4.79 Å². The van der Waals surface area contributed by atoms with Crippen LogP contribution in [0.25, 0.3) is 44.3 Å². The van der Waals surface area contributed by atoms with Gasteiger partial charge in [0.15, 0.2) is 5.78 Å². The Morgan fingerprint density at radius 1 is 1.06 bits per heavy atom. The first-order chi connectivity index (χ1) is 16.2. The van der Waals surface area contributed by atoms with E-state index in [0.717, 1.165) is 22.2 Å². The number of ether oxygens (including phenoxy) is 1. The molecular weight excluding hydrogens is 419 g/mol. The molecule has 0 saturated heterocycles. The molecule has 7 heteroatoms. The van der Waals surface area contributed by atoms with Crippen molar-refractivity contribution in [2.75, 3.05) is 13.7 Å². The predicted molar refractivity (Wildman–Crippen MR) is 125 cm³/mol. The summed E-state index contributed by atoms with van der Waals surface area (Å²) in [5, 5.41) is 1.50. The number of hydrogen-bond donors (Lipinski definition) is 1. The van der Waals surface area contributed by atoms with Crippen molar-refractivity contribution in [2.24, 2.45) is 0 Å². The zero-order valence-corrected chi connectivity index (χ0v) is 18.0. The molecule has 0 saturated carbocycles. The molecule has 4 heterocycles. The highest BCUT2D eigenvalue weighted by Crippen LogP contribution is 2.36. The van der Waals surface area contributed by atoms with Crippen LogP contribution in [0.15, 0.2) is 67.3 Å². The van der Waals surface area contributed by atoms with Gasteiger partial charge in [0.25, 0.3) is 0 Å². The topological polar surface area (TPSA) is 80.8 Å². The molecule has 0 fully saturated rings. The number of nitrogens with zero attached hydrogens (tertiary/aromatic N) is 3. The Balaban J connectivity index is 1.60. The minimum atomic E-state index is -0.428. The number of aromatic amines is 1. The third-order valence-corrected chi connectivity index (χ3v) is 5.66. The number of rotatable bonds is 7. The number of aromatic nitrogens is 4. The molecule has 33 heavy (non-hydrogen) atoms. The zero-order valence-electron chi connectivity index (χ0n) is 18.0. The van der Waals surface area contributed by atoms with E-state index in [0.29, 0.717) is 47.2 Å². The van der Waals surface area contributed by atoms with Crippen molar-refractivity contribution >= 4 is 27.7 Å². The highest BCUT2D eigenvalue weighted by molar-refractivity contribution is 6.13. The fourth-order valence-corrected chi connectivity index (χ4v) is 4.03. The van der Waals surface area contributed by atoms with Crippen molar-refractivity contribution < 1.29 is 13.9 Å². The third kappa shape index (κ3) is 3.99. The summed E-state index contributed by atoms with van der Waals surface area (Å²) in [6.45, 7) is 0.542. The quantitative estimate of drug-likeness (QED) is 0.264. The average Bonchev–Trinajstić information content (AvgIpc) is 3.23. The molecule has 0 atom stereocenters. The average molecular weight is 440 g/mol. The Morgan fingerprint density at radius 2 is 1.91 bits per heavy atom. The highest BCUT2D eigenvalue weighted by Gasteiger charge is 2.18. The fraction of sp³-hybridized carbons (Fsp3) is 0.154. The number of halogens is 1. The van der Waals surface area contributed by atoms with E-state index in [-0.39, 0.29) is 5.78 Å². The molecule has 0 aliphatic rings. The number of nitrogens with one attached hydrogen (secondary N) is 1. The molecule has 5 rings (SSSR count). The van der Waals surface area contributed by atoms with Crippen LogP contribution >= 0.6 is 0 Å². The zero-order chi connectivity index (χ0) is 22.8. The van der Waals surface area contributed by atoms with Crippen LogP contribution in [0.1, 0.15) is 23.2 Å². The summed E-state index contributed by atoms with van der Waals surface area (Å²) >= 11 is 0. The van der Waals surface area contributed by atoms with Crippen LogP contribution < -0.4 is 0 Å². The number of methoxy groups -OCH3 is 1. The van der Waals surface area contributed by atoms with Gasteiger partial charge in [0, 0.05) is 60.0 Å². The van der Waals surface area contributed by atoms with Gasteiger partial charge in [0.1, 0.15) is 11.5 Å². The number of fused-ring (bicyclic) bond motifs is 3. The van der Waals surface area contributed by atoms with E-state index >= 15 is 4.39 Å². The molecule has 5 aromatic rings. The summed E-state index contributed by atoms with van der Waals surface area (Å²) in [6, 6.07) is 12.7. The normalized spacial score (nSPS) is 11.3. The second-order valence-electron chi connectivity index (χ2n) is 7.78. The molecule has 0 unspecified atom stereocenters. The lowest BCUT2D eigenvalue weighted by atomic mass is 9.98. The van der Waals surface area contributed by atoms with Crippen LogP contribution in [0.5, 0.6) is 0 Å². The van der Waals surface area contributed by atoms with Crippen molar-refractivity contribution in [2.45, 2.75) is 12.8 Å². The Kier molecular flexibility index (Phi) is 5.62. The third-order valence-electron chi connectivity index (χ3n) is 5.66. The molecule has 0 aliphatic carbocycles. The molecule has 0 amide bonds. The summed E-state index contributed by atoms with van der Waals surface area (Å²) in [4.78, 5) is 28.6. The Hall–Kier alpha value is -3.97. The maximum Gasteiger partial charge on any atom is 0.162 e. The van der Waals surface area contributed by atoms with Crippen molar-refractivity contribution in [1.29, 1.82) is 0 Å². The lowest BCUT2D eigenvalue weighted by Gasteiger charge is -2.08. The minimum absolute atomic E-state index is 0.0400. The number of benzene rings is 1. The standard InChI is InChI=1S/C26H21FN4O2/c1-33-11-3-5-23(32)16-6-8-17(9-7-16)24-20(27)14-30-26-25(24)19-12-21(29-15-22(19)31-26)18-4-2-10-28-13-18/h2,4,6-10,12-15H,3,5,11H2,1H3,(H,30,31). The molecule has 0 radical (unpaired) electrons. The molecular formula is C26H21FN4O2. The number of ketones is 1. The van der Waals surface area contributed by atoms with E-state index in [4.69, 9.17) is 4.74 Å². The molecule has 4 aromatic heterocycles. The van der Waals surface area contributed by atoms with Gasteiger partial charge >= 0.3 is 0 Å². The van der Waals surface area contributed by atoms with Crippen molar-refractivity contribution in [3.63, 3.8) is 0 Å². The molecule has 1 aromatic carbocycles. The van der Waals surface area contributed by atoms with Gasteiger partial charge in [-0.15, -0.1) is 0 Å². The van der Waals surface area contributed by atoms with Gasteiger partial charge in [0.05, 0.1) is 23.6 Å². The molecule has 1 N–H and O–H groups in total. The first kappa shape index (κ1) is 20.9. The smallest absolute Gasteiger partial charge is 0.162 e. The summed E-state index contributed by atoms with van der Waals surface area (Å²) in [6.07, 6.45) is 7.46. The molecule has 164 valence electrons. The van der Waals surface area contributed by atoms with Crippen molar-refractivity contribution in [1.82, 2.24) is 19.9 Å². The van der Waals surface area contributed by atoms with Crippen LogP contribution in [-0.2, 0) is 4.74 Å². The summed E-state index contributed by atoms with van der Waals surface area (Å²) in [5.41, 5.74) is 4.66. The second kappa shape index (κ2) is 8.88. The predicted octanol–water partition coefficient (Wildman–Crippen LogP) is 5.59. The second-order valence-corrected chi connectivity index (χ2v) is 7.78. The minimum Gasteiger partial charge on any atom is -0.385 e. The van der Waals surface area contributed by atoms with E-state index < -0.39 is 5.82 Å². The molecule has 0 aliphatic heterocycles. The van der Waals surface area contributed by atoms with Crippen LogP contribution in [0, 0.1) is 5.82 Å². The van der Waals surface area contributed by atoms with E-state index in [1.165, 1.54) is 6.20 Å². The van der Waals surface area contributed by atoms with Gasteiger partial charge in [-0.05, 0) is 30.2 Å². The molecule has 6 nitrogen and oxygen atoms in total. The van der Waals surface area contributed by atoms with Gasteiger partial charge < -0.3 is 9.72 Å². The number of Topliss-reactive ketones (excluding diaryl/α,β-unsaturated/α-hetero) is 1. The Bertz CT molecular complexity index is 1450. The van der Waals surface area contributed by atoms with Gasteiger partial charge in [-0.1, -0.05) is 24.3 Å². The number of H-pyrrole nitrogens is 1. The highest BCUT2D eigenvalue weighted by atomic mass is 19.1. The summed E-state index contributed by atoms with van der Waals surface area (Å²) < 4.78 is 20.1. The molecule has 0 bridgehead atoms. The van der Waals surface area contributed by atoms with Gasteiger partial charge in [-0.2, -0.15) is 0 Å². The largest absolute Gasteiger partial charge is 0.385 e. The van der Waals surface area contributed by atoms with Crippen LogP contribution in [0.2, 0.25) is 0 Å². The van der Waals surface area contributed by atoms with Crippen LogP contribution in [0.3, 0.4) is 0 Å². The van der Waals surface area contributed by atoms with Gasteiger partial charge in [-0.25, -0.2) is 9.37 Å². The summed E-state index contributed by atoms with van der Waals surface area (Å²) in [5.74, 6) is -0.388. The number of carbonyl (C=O) groups is 1. The number of hydrogen-bond acceptors (Lipinski definition) is 5.